The van der Waals surface area contributed by atoms with Crippen molar-refractivity contribution >= 4 is 28.7 Å². The van der Waals surface area contributed by atoms with Crippen molar-refractivity contribution in [2.24, 2.45) is 0 Å². The predicted molar refractivity (Wildman–Crippen MR) is 84.6 cm³/mol. The zero-order chi connectivity index (χ0) is 13.7. The Morgan fingerprint density at radius 1 is 0.947 bits per heavy atom. The molecule has 4 heteroatoms. The molecule has 2 aromatic rings. The Balaban J connectivity index is 1.95. The van der Waals surface area contributed by atoms with Crippen molar-refractivity contribution in [1.29, 1.82) is 0 Å². The van der Waals surface area contributed by atoms with Gasteiger partial charge in [0.15, 0.2) is 5.11 Å². The third kappa shape index (κ3) is 4.03. The number of benzene rings is 1. The van der Waals surface area contributed by atoms with E-state index >= 15 is 0 Å². The fraction of sp³-hybridized carbons (Fsp3) is 0.200. The quantitative estimate of drug-likeness (QED) is 0.827. The van der Waals surface area contributed by atoms with Crippen molar-refractivity contribution in [3.8, 4) is 0 Å². The highest BCUT2D eigenvalue weighted by Crippen LogP contribution is 2.17. The SMILES string of the molecule is CC(C)c1ccc(NC(=S)Nc2ccncc2)cc1. The molecule has 2 N–H and O–H groups in total. The smallest absolute Gasteiger partial charge is 0.175 e. The summed E-state index contributed by atoms with van der Waals surface area (Å²) in [4.78, 5) is 3.96. The molecule has 0 radical (unpaired) electrons. The highest BCUT2D eigenvalue weighted by Gasteiger charge is 2.01. The zero-order valence-electron chi connectivity index (χ0n) is 11.1. The lowest BCUT2D eigenvalue weighted by Crippen LogP contribution is -2.18. The van der Waals surface area contributed by atoms with Gasteiger partial charge in [0, 0.05) is 23.8 Å². The van der Waals surface area contributed by atoms with Gasteiger partial charge in [0.1, 0.15) is 0 Å². The summed E-state index contributed by atoms with van der Waals surface area (Å²) >= 11 is 5.26. The van der Waals surface area contributed by atoms with E-state index in [1.807, 2.05) is 24.3 Å². The summed E-state index contributed by atoms with van der Waals surface area (Å²) in [5.41, 5.74) is 3.22. The Morgan fingerprint density at radius 2 is 1.47 bits per heavy atom. The molecule has 1 aromatic heterocycles. The van der Waals surface area contributed by atoms with Crippen molar-refractivity contribution < 1.29 is 0 Å². The highest BCUT2D eigenvalue weighted by atomic mass is 32.1. The lowest BCUT2D eigenvalue weighted by molar-refractivity contribution is 0.867. The molecule has 1 heterocycles. The summed E-state index contributed by atoms with van der Waals surface area (Å²) in [7, 11) is 0. The summed E-state index contributed by atoms with van der Waals surface area (Å²) < 4.78 is 0. The highest BCUT2D eigenvalue weighted by molar-refractivity contribution is 7.80. The normalized spacial score (nSPS) is 10.3. The molecule has 0 atom stereocenters. The van der Waals surface area contributed by atoms with E-state index in [-0.39, 0.29) is 0 Å². The minimum Gasteiger partial charge on any atom is -0.332 e. The molecule has 98 valence electrons. The van der Waals surface area contributed by atoms with Crippen LogP contribution in [0.2, 0.25) is 0 Å². The Labute approximate surface area is 119 Å². The maximum Gasteiger partial charge on any atom is 0.175 e. The Morgan fingerprint density at radius 3 is 2.00 bits per heavy atom. The largest absolute Gasteiger partial charge is 0.332 e. The summed E-state index contributed by atoms with van der Waals surface area (Å²) in [6.07, 6.45) is 3.45. The van der Waals surface area contributed by atoms with Crippen LogP contribution in [0.3, 0.4) is 0 Å². The second-order valence-electron chi connectivity index (χ2n) is 4.59. The molecule has 2 rings (SSSR count). The molecule has 0 saturated heterocycles. The van der Waals surface area contributed by atoms with Crippen LogP contribution in [-0.4, -0.2) is 10.1 Å². The summed E-state index contributed by atoms with van der Waals surface area (Å²) in [6.45, 7) is 4.36. The minimum atomic E-state index is 0.538. The first-order valence-corrected chi connectivity index (χ1v) is 6.64. The second kappa shape index (κ2) is 6.29. The standard InChI is InChI=1S/C15H17N3S/c1-11(2)12-3-5-13(6-4-12)17-15(19)18-14-7-9-16-10-8-14/h3-11H,1-2H3,(H2,16,17,18,19). The van der Waals surface area contributed by atoms with Crippen LogP contribution in [-0.2, 0) is 0 Å². The van der Waals surface area contributed by atoms with Gasteiger partial charge >= 0.3 is 0 Å². The van der Waals surface area contributed by atoms with Crippen LogP contribution in [0.5, 0.6) is 0 Å². The van der Waals surface area contributed by atoms with Crippen molar-refractivity contribution in [3.63, 3.8) is 0 Å². The molecule has 0 aliphatic rings. The minimum absolute atomic E-state index is 0.538. The second-order valence-corrected chi connectivity index (χ2v) is 5.00. The zero-order valence-corrected chi connectivity index (χ0v) is 11.9. The van der Waals surface area contributed by atoms with E-state index in [1.54, 1.807) is 12.4 Å². The van der Waals surface area contributed by atoms with Crippen molar-refractivity contribution in [2.75, 3.05) is 10.6 Å². The lowest BCUT2D eigenvalue weighted by Gasteiger charge is -2.11. The maximum atomic E-state index is 5.26. The number of anilines is 2. The van der Waals surface area contributed by atoms with Gasteiger partial charge in [0.2, 0.25) is 0 Å². The van der Waals surface area contributed by atoms with Crippen LogP contribution < -0.4 is 10.6 Å². The molecular formula is C15H17N3S. The van der Waals surface area contributed by atoms with Crippen LogP contribution in [0, 0.1) is 0 Å². The predicted octanol–water partition coefficient (Wildman–Crippen LogP) is 4.01. The number of hydrogen-bond donors (Lipinski definition) is 2. The maximum absolute atomic E-state index is 5.26. The van der Waals surface area contributed by atoms with E-state index in [2.05, 4.69) is 41.6 Å². The first-order valence-electron chi connectivity index (χ1n) is 6.23. The molecule has 0 aliphatic heterocycles. The number of pyridine rings is 1. The van der Waals surface area contributed by atoms with E-state index in [4.69, 9.17) is 12.2 Å². The van der Waals surface area contributed by atoms with E-state index in [0.717, 1.165) is 11.4 Å². The number of rotatable bonds is 3. The number of thiocarbonyl (C=S) groups is 1. The first-order chi connectivity index (χ1) is 9.15. The molecule has 0 unspecified atom stereocenters. The van der Waals surface area contributed by atoms with Crippen molar-refractivity contribution in [2.45, 2.75) is 19.8 Å². The van der Waals surface area contributed by atoms with Gasteiger partial charge in [-0.2, -0.15) is 0 Å². The summed E-state index contributed by atoms with van der Waals surface area (Å²) in [5.74, 6) is 0.538. The van der Waals surface area contributed by atoms with Crippen LogP contribution in [0.15, 0.2) is 48.8 Å². The van der Waals surface area contributed by atoms with Gasteiger partial charge in [-0.15, -0.1) is 0 Å². The molecule has 3 nitrogen and oxygen atoms in total. The van der Waals surface area contributed by atoms with Gasteiger partial charge in [0.05, 0.1) is 0 Å². The summed E-state index contributed by atoms with van der Waals surface area (Å²) in [5, 5.41) is 6.84. The Kier molecular flexibility index (Phi) is 4.47. The fourth-order valence-electron chi connectivity index (χ4n) is 1.68. The number of nitrogens with zero attached hydrogens (tertiary/aromatic N) is 1. The molecule has 19 heavy (non-hydrogen) atoms. The van der Waals surface area contributed by atoms with Gasteiger partial charge in [0.25, 0.3) is 0 Å². The molecule has 0 bridgehead atoms. The molecule has 1 aromatic carbocycles. The van der Waals surface area contributed by atoms with Crippen molar-refractivity contribution in [3.05, 3.63) is 54.4 Å². The van der Waals surface area contributed by atoms with Gasteiger partial charge < -0.3 is 10.6 Å². The number of nitrogens with one attached hydrogen (secondary N) is 2. The number of aromatic nitrogens is 1. The summed E-state index contributed by atoms with van der Waals surface area (Å²) in [6, 6.07) is 12.0. The van der Waals surface area contributed by atoms with E-state index in [1.165, 1.54) is 5.56 Å². The molecule has 0 saturated carbocycles. The molecule has 0 amide bonds. The third-order valence-electron chi connectivity index (χ3n) is 2.77. The van der Waals surface area contributed by atoms with Crippen LogP contribution in [0.1, 0.15) is 25.3 Å². The Hall–Kier alpha value is -1.94. The monoisotopic (exact) mass is 271 g/mol. The van der Waals surface area contributed by atoms with Gasteiger partial charge in [-0.05, 0) is 48.0 Å². The average Bonchev–Trinajstić information content (AvgIpc) is 2.40. The topological polar surface area (TPSA) is 37.0 Å². The average molecular weight is 271 g/mol. The van der Waals surface area contributed by atoms with Crippen LogP contribution >= 0.6 is 12.2 Å². The first kappa shape index (κ1) is 13.5. The molecule has 0 aliphatic carbocycles. The van der Waals surface area contributed by atoms with Gasteiger partial charge in [-0.3, -0.25) is 4.98 Å². The third-order valence-corrected chi connectivity index (χ3v) is 2.98. The molecule has 0 spiro atoms. The van der Waals surface area contributed by atoms with E-state index in [9.17, 15) is 0 Å². The Bertz CT molecular complexity index is 535. The van der Waals surface area contributed by atoms with Gasteiger partial charge in [-0.25, -0.2) is 0 Å². The van der Waals surface area contributed by atoms with Crippen molar-refractivity contribution in [1.82, 2.24) is 4.98 Å². The van der Waals surface area contributed by atoms with Crippen LogP contribution in [0.4, 0.5) is 11.4 Å². The molecule has 0 fully saturated rings. The number of hydrogen-bond acceptors (Lipinski definition) is 2. The molecular weight excluding hydrogens is 254 g/mol. The lowest BCUT2D eigenvalue weighted by atomic mass is 10.0. The fourth-order valence-corrected chi connectivity index (χ4v) is 1.92. The van der Waals surface area contributed by atoms with Gasteiger partial charge in [-0.1, -0.05) is 26.0 Å². The van der Waals surface area contributed by atoms with E-state index < -0.39 is 0 Å². The van der Waals surface area contributed by atoms with E-state index in [0.29, 0.717) is 11.0 Å². The van der Waals surface area contributed by atoms with Crippen LogP contribution in [0.25, 0.3) is 0 Å².